The van der Waals surface area contributed by atoms with Gasteiger partial charge >= 0.3 is 0 Å². The van der Waals surface area contributed by atoms with Crippen LogP contribution in [0.25, 0.3) is 0 Å². The van der Waals surface area contributed by atoms with E-state index in [4.69, 9.17) is 4.74 Å². The Morgan fingerprint density at radius 3 is 2.09 bits per heavy atom. The first-order valence-corrected chi connectivity index (χ1v) is 8.46. The molecule has 2 amide bonds. The normalized spacial score (nSPS) is 35.3. The second-order valence-corrected chi connectivity index (χ2v) is 7.16. The number of anilines is 1. The van der Waals surface area contributed by atoms with E-state index in [1.54, 1.807) is 0 Å². The third-order valence-corrected chi connectivity index (χ3v) is 6.26. The highest BCUT2D eigenvalue weighted by molar-refractivity contribution is 6.23. The number of allylic oxidation sites excluding steroid dienone is 2. The fourth-order valence-corrected chi connectivity index (χ4v) is 5.19. The van der Waals surface area contributed by atoms with Crippen LogP contribution in [0.4, 0.5) is 5.69 Å². The standard InChI is InChI=1S/C19H19NO3/c1-2-23-12-5-3-11(4-6-12)20-17(21)15-13-7-8-14(16(15)18(20)22)19(13)9-10-19/h3-8,13-16H,2,9-10H2,1H3/t13-,14-,15-,16-/m0/s1. The molecule has 1 spiro atoms. The lowest BCUT2D eigenvalue weighted by atomic mass is 9.85. The molecule has 4 aliphatic rings. The number of nitrogens with zero attached hydrogens (tertiary/aromatic N) is 1. The molecule has 0 radical (unpaired) electrons. The van der Waals surface area contributed by atoms with Crippen molar-refractivity contribution in [2.75, 3.05) is 11.5 Å². The maximum atomic E-state index is 13.0. The second kappa shape index (κ2) is 4.25. The van der Waals surface area contributed by atoms with Gasteiger partial charge < -0.3 is 4.74 Å². The van der Waals surface area contributed by atoms with E-state index < -0.39 is 0 Å². The minimum atomic E-state index is -0.133. The largest absolute Gasteiger partial charge is 0.494 e. The van der Waals surface area contributed by atoms with Crippen LogP contribution in [-0.4, -0.2) is 18.4 Å². The van der Waals surface area contributed by atoms with Crippen molar-refractivity contribution in [1.29, 1.82) is 0 Å². The zero-order valence-electron chi connectivity index (χ0n) is 13.1. The maximum absolute atomic E-state index is 13.0. The molecule has 4 heteroatoms. The van der Waals surface area contributed by atoms with Crippen LogP contribution in [0.3, 0.4) is 0 Å². The second-order valence-electron chi connectivity index (χ2n) is 7.16. The molecule has 3 aliphatic carbocycles. The molecule has 4 nitrogen and oxygen atoms in total. The van der Waals surface area contributed by atoms with Crippen molar-refractivity contribution in [2.24, 2.45) is 29.1 Å². The van der Waals surface area contributed by atoms with Crippen LogP contribution in [0, 0.1) is 29.1 Å². The third-order valence-electron chi connectivity index (χ3n) is 6.26. The van der Waals surface area contributed by atoms with Gasteiger partial charge in [-0.3, -0.25) is 14.5 Å². The lowest BCUT2D eigenvalue weighted by Gasteiger charge is -2.21. The first-order valence-electron chi connectivity index (χ1n) is 8.46. The number of imide groups is 1. The van der Waals surface area contributed by atoms with Gasteiger partial charge in [-0.1, -0.05) is 12.2 Å². The van der Waals surface area contributed by atoms with Crippen LogP contribution in [-0.2, 0) is 9.59 Å². The summed E-state index contributed by atoms with van der Waals surface area (Å²) in [6.07, 6.45) is 6.75. The fraction of sp³-hybridized carbons (Fsp3) is 0.474. The number of amides is 2. The van der Waals surface area contributed by atoms with Gasteiger partial charge in [0.1, 0.15) is 5.75 Å². The van der Waals surface area contributed by atoms with Crippen LogP contribution in [0.2, 0.25) is 0 Å². The Kier molecular flexibility index (Phi) is 2.47. The minimum Gasteiger partial charge on any atom is -0.494 e. The van der Waals surface area contributed by atoms with E-state index in [9.17, 15) is 9.59 Å². The highest BCUT2D eigenvalue weighted by Gasteiger charge is 2.73. The van der Waals surface area contributed by atoms with E-state index in [0.29, 0.717) is 12.3 Å². The van der Waals surface area contributed by atoms with Crippen LogP contribution < -0.4 is 9.64 Å². The summed E-state index contributed by atoms with van der Waals surface area (Å²) < 4.78 is 5.43. The van der Waals surface area contributed by atoms with Crippen LogP contribution in [0.15, 0.2) is 36.4 Å². The molecule has 2 bridgehead atoms. The highest BCUT2D eigenvalue weighted by atomic mass is 16.5. The molecule has 1 aromatic carbocycles. The molecular formula is C19H19NO3. The van der Waals surface area contributed by atoms with Crippen LogP contribution in [0.5, 0.6) is 5.75 Å². The molecule has 1 aliphatic heterocycles. The number of ether oxygens (including phenoxy) is 1. The van der Waals surface area contributed by atoms with Gasteiger partial charge in [0.15, 0.2) is 0 Å². The lowest BCUT2D eigenvalue weighted by molar-refractivity contribution is -0.123. The van der Waals surface area contributed by atoms with E-state index >= 15 is 0 Å². The van der Waals surface area contributed by atoms with E-state index in [-0.39, 0.29) is 40.9 Å². The Morgan fingerprint density at radius 1 is 1.04 bits per heavy atom. The maximum Gasteiger partial charge on any atom is 0.238 e. The Hall–Kier alpha value is -2.10. The number of fused-ring (bicyclic) bond motifs is 3. The van der Waals surface area contributed by atoms with E-state index in [2.05, 4.69) is 12.2 Å². The summed E-state index contributed by atoms with van der Waals surface area (Å²) in [7, 11) is 0. The lowest BCUT2D eigenvalue weighted by Crippen LogP contribution is -2.34. The summed E-state index contributed by atoms with van der Waals surface area (Å²) in [6.45, 7) is 2.53. The summed E-state index contributed by atoms with van der Waals surface area (Å²) in [5.41, 5.74) is 0.924. The van der Waals surface area contributed by atoms with E-state index in [1.165, 1.54) is 17.7 Å². The molecule has 1 heterocycles. The van der Waals surface area contributed by atoms with Gasteiger partial charge in [-0.15, -0.1) is 0 Å². The Labute approximate surface area is 135 Å². The van der Waals surface area contributed by atoms with Crippen LogP contribution in [0.1, 0.15) is 19.8 Å². The molecule has 0 unspecified atom stereocenters. The predicted octanol–water partition coefficient (Wildman–Crippen LogP) is 2.79. The van der Waals surface area contributed by atoms with Crippen LogP contribution >= 0.6 is 0 Å². The molecule has 5 rings (SSSR count). The smallest absolute Gasteiger partial charge is 0.238 e. The summed E-state index contributed by atoms with van der Waals surface area (Å²) in [5, 5.41) is 0. The number of rotatable bonds is 3. The molecule has 4 atom stereocenters. The van der Waals surface area contributed by atoms with Crippen molar-refractivity contribution in [3.63, 3.8) is 0 Å². The molecule has 0 N–H and O–H groups in total. The number of carbonyl (C=O) groups excluding carboxylic acids is 2. The number of benzene rings is 1. The van der Waals surface area contributed by atoms with Crippen molar-refractivity contribution < 1.29 is 14.3 Å². The summed E-state index contributed by atoms with van der Waals surface area (Å²) in [6, 6.07) is 7.26. The number of hydrogen-bond acceptors (Lipinski definition) is 3. The topological polar surface area (TPSA) is 46.6 Å². The summed E-state index contributed by atoms with van der Waals surface area (Å²) >= 11 is 0. The Bertz CT molecular complexity index is 697. The zero-order valence-corrected chi connectivity index (χ0v) is 13.1. The molecule has 0 aromatic heterocycles. The first-order chi connectivity index (χ1) is 11.2. The third kappa shape index (κ3) is 1.51. The van der Waals surface area contributed by atoms with Crippen molar-refractivity contribution >= 4 is 17.5 Å². The highest BCUT2D eigenvalue weighted by Crippen LogP contribution is 2.73. The SMILES string of the molecule is CCOc1ccc(N2C(=O)[C@@H]3[C@@H](C2=O)[C@@H]2C=C[C@@H]3C23CC3)cc1. The molecular weight excluding hydrogens is 290 g/mol. The van der Waals surface area contributed by atoms with Gasteiger partial charge in [-0.25, -0.2) is 0 Å². The average Bonchev–Trinajstić information content (AvgIpc) is 3.15. The monoisotopic (exact) mass is 309 g/mol. The Morgan fingerprint density at radius 2 is 1.61 bits per heavy atom. The number of carbonyl (C=O) groups is 2. The van der Waals surface area contributed by atoms with Crippen molar-refractivity contribution in [3.8, 4) is 5.75 Å². The molecule has 1 aromatic rings. The van der Waals surface area contributed by atoms with Gasteiger partial charge in [0.25, 0.3) is 0 Å². The van der Waals surface area contributed by atoms with Crippen molar-refractivity contribution in [1.82, 2.24) is 0 Å². The van der Waals surface area contributed by atoms with Gasteiger partial charge in [0, 0.05) is 0 Å². The summed E-state index contributed by atoms with van der Waals surface area (Å²) in [5.74, 6) is 1.04. The molecule has 118 valence electrons. The molecule has 2 saturated carbocycles. The molecule has 1 saturated heterocycles. The fourth-order valence-electron chi connectivity index (χ4n) is 5.19. The average molecular weight is 309 g/mol. The van der Waals surface area contributed by atoms with Crippen molar-refractivity contribution in [3.05, 3.63) is 36.4 Å². The van der Waals surface area contributed by atoms with Gasteiger partial charge in [0.2, 0.25) is 11.8 Å². The minimum absolute atomic E-state index is 0.00714. The number of hydrogen-bond donors (Lipinski definition) is 0. The molecule has 3 fully saturated rings. The summed E-state index contributed by atoms with van der Waals surface area (Å²) in [4.78, 5) is 27.3. The van der Waals surface area contributed by atoms with Gasteiger partial charge in [-0.2, -0.15) is 0 Å². The van der Waals surface area contributed by atoms with E-state index in [1.807, 2.05) is 31.2 Å². The van der Waals surface area contributed by atoms with Gasteiger partial charge in [-0.05, 0) is 61.3 Å². The zero-order chi connectivity index (χ0) is 15.8. The quantitative estimate of drug-likeness (QED) is 0.637. The van der Waals surface area contributed by atoms with Gasteiger partial charge in [0.05, 0.1) is 24.1 Å². The predicted molar refractivity (Wildman–Crippen MR) is 84.9 cm³/mol. The first kappa shape index (κ1) is 13.3. The molecule has 23 heavy (non-hydrogen) atoms. The Balaban J connectivity index is 1.48. The van der Waals surface area contributed by atoms with E-state index in [0.717, 1.165) is 5.75 Å². The van der Waals surface area contributed by atoms with Crippen molar-refractivity contribution in [2.45, 2.75) is 19.8 Å².